The zero-order valence-corrected chi connectivity index (χ0v) is 13.9. The number of nitrogens with two attached hydrogens (primary N) is 1. The van der Waals surface area contributed by atoms with Crippen LogP contribution in [0.1, 0.15) is 12.8 Å². The maximum Gasteiger partial charge on any atom is 0.238 e. The van der Waals surface area contributed by atoms with E-state index in [-0.39, 0.29) is 5.91 Å². The maximum atomic E-state index is 12.1. The van der Waals surface area contributed by atoms with Crippen LogP contribution in [0.5, 0.6) is 0 Å². The van der Waals surface area contributed by atoms with Crippen molar-refractivity contribution in [2.45, 2.75) is 12.8 Å². The first-order chi connectivity index (χ1) is 10.1. The molecule has 1 fully saturated rings. The van der Waals surface area contributed by atoms with Crippen molar-refractivity contribution < 1.29 is 9.53 Å². The molecule has 3 N–H and O–H groups in total. The highest BCUT2D eigenvalue weighted by Crippen LogP contribution is 2.24. The molecule has 1 aromatic rings. The number of piperidine rings is 1. The molecule has 0 saturated carbocycles. The number of nitrogen functional groups attached to an aromatic ring is 1. The van der Waals surface area contributed by atoms with Crippen LogP contribution in [0.15, 0.2) is 22.7 Å². The third kappa shape index (κ3) is 4.98. The number of halogens is 1. The number of carbonyl (C=O) groups is 1. The van der Waals surface area contributed by atoms with E-state index in [9.17, 15) is 4.79 Å². The standard InChI is InChI=1S/C15H22BrN3O2/c1-21-10-11-4-6-19(7-5-11)9-15(20)18-14-3-2-12(17)8-13(14)16/h2-3,8,11H,4-7,9-10,17H2,1H3,(H,18,20). The molecule has 0 bridgehead atoms. The summed E-state index contributed by atoms with van der Waals surface area (Å²) in [7, 11) is 1.74. The molecule has 5 nitrogen and oxygen atoms in total. The average molecular weight is 356 g/mol. The van der Waals surface area contributed by atoms with Gasteiger partial charge in [-0.05, 0) is 66.0 Å². The summed E-state index contributed by atoms with van der Waals surface area (Å²) in [5.74, 6) is 0.631. The molecule has 1 aromatic carbocycles. The summed E-state index contributed by atoms with van der Waals surface area (Å²) in [5, 5.41) is 2.91. The first-order valence-electron chi connectivity index (χ1n) is 7.14. The number of rotatable bonds is 5. The minimum atomic E-state index is 0.00524. The summed E-state index contributed by atoms with van der Waals surface area (Å²) in [6.45, 7) is 3.14. The number of amides is 1. The monoisotopic (exact) mass is 355 g/mol. The van der Waals surface area contributed by atoms with E-state index < -0.39 is 0 Å². The van der Waals surface area contributed by atoms with Crippen molar-refractivity contribution in [3.63, 3.8) is 0 Å². The molecule has 1 heterocycles. The Bertz CT molecular complexity index is 488. The molecule has 0 radical (unpaired) electrons. The SMILES string of the molecule is COCC1CCN(CC(=O)Nc2ccc(N)cc2Br)CC1. The lowest BCUT2D eigenvalue weighted by atomic mass is 9.98. The highest BCUT2D eigenvalue weighted by atomic mass is 79.9. The van der Waals surface area contributed by atoms with E-state index in [0.29, 0.717) is 18.2 Å². The summed E-state index contributed by atoms with van der Waals surface area (Å²) in [6.07, 6.45) is 2.18. The van der Waals surface area contributed by atoms with Gasteiger partial charge in [0.05, 0.1) is 12.2 Å². The zero-order valence-electron chi connectivity index (χ0n) is 12.3. The van der Waals surface area contributed by atoms with Gasteiger partial charge in [-0.25, -0.2) is 0 Å². The molecule has 6 heteroatoms. The van der Waals surface area contributed by atoms with Gasteiger partial charge < -0.3 is 15.8 Å². The molecule has 0 spiro atoms. The molecule has 1 aliphatic rings. The topological polar surface area (TPSA) is 67.6 Å². The molecule has 0 aliphatic carbocycles. The first kappa shape index (κ1) is 16.3. The van der Waals surface area contributed by atoms with Crippen LogP contribution >= 0.6 is 15.9 Å². The van der Waals surface area contributed by atoms with Crippen LogP contribution in [0, 0.1) is 5.92 Å². The van der Waals surface area contributed by atoms with Crippen molar-refractivity contribution in [1.82, 2.24) is 4.90 Å². The van der Waals surface area contributed by atoms with Gasteiger partial charge in [-0.3, -0.25) is 9.69 Å². The predicted octanol–water partition coefficient (Wildman–Crippen LogP) is 2.33. The highest BCUT2D eigenvalue weighted by molar-refractivity contribution is 9.10. The molecule has 0 aromatic heterocycles. The van der Waals surface area contributed by atoms with Crippen LogP contribution in [0.3, 0.4) is 0 Å². The quantitative estimate of drug-likeness (QED) is 0.795. The number of methoxy groups -OCH3 is 1. The minimum Gasteiger partial charge on any atom is -0.399 e. The van der Waals surface area contributed by atoms with E-state index in [1.54, 1.807) is 19.2 Å². The molecular formula is C15H22BrN3O2. The fraction of sp³-hybridized carbons (Fsp3) is 0.533. The summed E-state index contributed by atoms with van der Waals surface area (Å²) in [6, 6.07) is 5.37. The summed E-state index contributed by atoms with van der Waals surface area (Å²) < 4.78 is 5.99. The van der Waals surface area contributed by atoms with E-state index in [1.165, 1.54) is 0 Å². The van der Waals surface area contributed by atoms with Crippen molar-refractivity contribution >= 4 is 33.2 Å². The van der Waals surface area contributed by atoms with Gasteiger partial charge in [-0.15, -0.1) is 0 Å². The van der Waals surface area contributed by atoms with E-state index in [4.69, 9.17) is 10.5 Å². The van der Waals surface area contributed by atoms with Crippen molar-refractivity contribution in [3.8, 4) is 0 Å². The number of hydrogen-bond donors (Lipinski definition) is 2. The van der Waals surface area contributed by atoms with Gasteiger partial charge in [0.25, 0.3) is 0 Å². The normalized spacial score (nSPS) is 16.9. The second kappa shape index (κ2) is 7.77. The van der Waals surface area contributed by atoms with Crippen LogP contribution in [-0.4, -0.2) is 44.2 Å². The Morgan fingerprint density at radius 2 is 2.19 bits per heavy atom. The van der Waals surface area contributed by atoms with Gasteiger partial charge in [0.15, 0.2) is 0 Å². The van der Waals surface area contributed by atoms with Crippen LogP contribution < -0.4 is 11.1 Å². The number of nitrogens with zero attached hydrogens (tertiary/aromatic N) is 1. The largest absolute Gasteiger partial charge is 0.399 e. The lowest BCUT2D eigenvalue weighted by Gasteiger charge is -2.31. The second-order valence-electron chi connectivity index (χ2n) is 5.46. The Balaban J connectivity index is 1.80. The third-order valence-electron chi connectivity index (χ3n) is 3.74. The van der Waals surface area contributed by atoms with Crippen molar-refractivity contribution in [3.05, 3.63) is 22.7 Å². The number of ether oxygens (including phenoxy) is 1. The van der Waals surface area contributed by atoms with Crippen LogP contribution in [0.4, 0.5) is 11.4 Å². The Morgan fingerprint density at radius 1 is 1.48 bits per heavy atom. The van der Waals surface area contributed by atoms with E-state index >= 15 is 0 Å². The maximum absolute atomic E-state index is 12.1. The van der Waals surface area contributed by atoms with Gasteiger partial charge in [0, 0.05) is 23.9 Å². The summed E-state index contributed by atoms with van der Waals surface area (Å²) in [5.41, 5.74) is 7.10. The molecule has 21 heavy (non-hydrogen) atoms. The predicted molar refractivity (Wildman–Crippen MR) is 88.2 cm³/mol. The molecule has 0 atom stereocenters. The first-order valence-corrected chi connectivity index (χ1v) is 7.94. The van der Waals surface area contributed by atoms with Gasteiger partial charge in [-0.1, -0.05) is 0 Å². The molecule has 1 amide bonds. The molecule has 1 aliphatic heterocycles. The summed E-state index contributed by atoms with van der Waals surface area (Å²) >= 11 is 3.40. The van der Waals surface area contributed by atoms with Crippen LogP contribution in [0.25, 0.3) is 0 Å². The second-order valence-corrected chi connectivity index (χ2v) is 6.32. The Labute approximate surface area is 134 Å². The number of anilines is 2. The molecule has 0 unspecified atom stereocenters. The minimum absolute atomic E-state index is 0.00524. The van der Waals surface area contributed by atoms with E-state index in [0.717, 1.165) is 42.7 Å². The van der Waals surface area contributed by atoms with Crippen molar-refractivity contribution in [2.75, 3.05) is 44.4 Å². The molecular weight excluding hydrogens is 334 g/mol. The lowest BCUT2D eigenvalue weighted by Crippen LogP contribution is -2.40. The number of carbonyl (C=O) groups excluding carboxylic acids is 1. The fourth-order valence-electron chi connectivity index (χ4n) is 2.57. The molecule has 2 rings (SSSR count). The number of benzene rings is 1. The average Bonchev–Trinajstić information content (AvgIpc) is 2.44. The number of likely N-dealkylation sites (tertiary alicyclic amines) is 1. The van der Waals surface area contributed by atoms with E-state index in [2.05, 4.69) is 26.1 Å². The van der Waals surface area contributed by atoms with Gasteiger partial charge in [-0.2, -0.15) is 0 Å². The van der Waals surface area contributed by atoms with Crippen molar-refractivity contribution in [1.29, 1.82) is 0 Å². The van der Waals surface area contributed by atoms with Gasteiger partial charge >= 0.3 is 0 Å². The number of hydrogen-bond acceptors (Lipinski definition) is 4. The summed E-state index contributed by atoms with van der Waals surface area (Å²) in [4.78, 5) is 14.3. The fourth-order valence-corrected chi connectivity index (χ4v) is 3.07. The van der Waals surface area contributed by atoms with Crippen LogP contribution in [-0.2, 0) is 9.53 Å². The lowest BCUT2D eigenvalue weighted by molar-refractivity contribution is -0.117. The Hall–Kier alpha value is -1.11. The Kier molecular flexibility index (Phi) is 6.02. The third-order valence-corrected chi connectivity index (χ3v) is 4.40. The highest BCUT2D eigenvalue weighted by Gasteiger charge is 2.20. The van der Waals surface area contributed by atoms with Gasteiger partial charge in [0.2, 0.25) is 5.91 Å². The van der Waals surface area contributed by atoms with Gasteiger partial charge in [0.1, 0.15) is 0 Å². The van der Waals surface area contributed by atoms with E-state index in [1.807, 2.05) is 6.07 Å². The Morgan fingerprint density at radius 3 is 2.81 bits per heavy atom. The number of nitrogens with one attached hydrogen (secondary N) is 1. The molecule has 1 saturated heterocycles. The molecule has 116 valence electrons. The van der Waals surface area contributed by atoms with Crippen molar-refractivity contribution in [2.24, 2.45) is 5.92 Å². The zero-order chi connectivity index (χ0) is 15.2. The smallest absolute Gasteiger partial charge is 0.238 e. The van der Waals surface area contributed by atoms with Crippen LogP contribution in [0.2, 0.25) is 0 Å².